The Kier molecular flexibility index (Phi) is 4.50. The highest BCUT2D eigenvalue weighted by atomic mass is 35.5. The van der Waals surface area contributed by atoms with Gasteiger partial charge in [-0.1, -0.05) is 11.6 Å². The summed E-state index contributed by atoms with van der Waals surface area (Å²) in [5.41, 5.74) is 0.366. The van der Waals surface area contributed by atoms with E-state index in [1.807, 2.05) is 17.3 Å². The van der Waals surface area contributed by atoms with Crippen LogP contribution in [0.3, 0.4) is 0 Å². The van der Waals surface area contributed by atoms with Crippen LogP contribution in [-0.4, -0.2) is 33.4 Å². The summed E-state index contributed by atoms with van der Waals surface area (Å²) in [5, 5.41) is 0.169. The van der Waals surface area contributed by atoms with Crippen molar-refractivity contribution in [3.05, 3.63) is 52.8 Å². The van der Waals surface area contributed by atoms with Crippen molar-refractivity contribution in [2.75, 3.05) is 13.1 Å². The first-order valence-electron chi connectivity index (χ1n) is 8.87. The first-order valence-corrected chi connectivity index (χ1v) is 9.25. The molecule has 1 aromatic heterocycles. The van der Waals surface area contributed by atoms with Gasteiger partial charge in [0, 0.05) is 37.9 Å². The summed E-state index contributed by atoms with van der Waals surface area (Å²) in [6.07, 6.45) is 8.47. The molecule has 0 bridgehead atoms. The molecule has 4 rings (SSSR count). The minimum absolute atomic E-state index is 0.130. The van der Waals surface area contributed by atoms with Crippen LogP contribution in [0, 0.1) is 11.7 Å². The van der Waals surface area contributed by atoms with Gasteiger partial charge in [0.05, 0.1) is 10.6 Å². The van der Waals surface area contributed by atoms with E-state index in [-0.39, 0.29) is 16.8 Å². The Balaban J connectivity index is 1.50. The van der Waals surface area contributed by atoms with Crippen LogP contribution in [0.5, 0.6) is 0 Å². The van der Waals surface area contributed by atoms with Crippen molar-refractivity contribution in [1.29, 1.82) is 0 Å². The molecule has 1 aliphatic carbocycles. The molecular weight excluding hydrogens is 341 g/mol. The van der Waals surface area contributed by atoms with E-state index >= 15 is 0 Å². The number of carbonyl (C=O) groups is 1. The Hall–Kier alpha value is -1.88. The molecule has 6 heteroatoms. The van der Waals surface area contributed by atoms with Crippen LogP contribution >= 0.6 is 11.6 Å². The summed E-state index contributed by atoms with van der Waals surface area (Å²) in [6, 6.07) is 3.94. The van der Waals surface area contributed by atoms with E-state index in [2.05, 4.69) is 9.55 Å². The highest BCUT2D eigenvalue weighted by molar-refractivity contribution is 6.33. The van der Waals surface area contributed by atoms with E-state index in [9.17, 15) is 9.18 Å². The number of hydrogen-bond acceptors (Lipinski definition) is 2. The second-order valence-electron chi connectivity index (χ2n) is 7.10. The molecule has 4 nitrogen and oxygen atoms in total. The quantitative estimate of drug-likeness (QED) is 0.822. The number of carbonyl (C=O) groups excluding carboxylic acids is 1. The van der Waals surface area contributed by atoms with Crippen LogP contribution in [0.2, 0.25) is 5.02 Å². The van der Waals surface area contributed by atoms with Gasteiger partial charge in [-0.2, -0.15) is 0 Å². The number of amides is 1. The molecule has 0 N–H and O–H groups in total. The number of aromatic nitrogens is 2. The first kappa shape index (κ1) is 16.6. The zero-order valence-corrected chi connectivity index (χ0v) is 14.8. The largest absolute Gasteiger partial charge is 0.338 e. The number of likely N-dealkylation sites (tertiary alicyclic amines) is 1. The molecule has 1 aromatic carbocycles. The fourth-order valence-corrected chi connectivity index (χ4v) is 3.87. The topological polar surface area (TPSA) is 38.1 Å². The number of nitrogens with zero attached hydrogens (tertiary/aromatic N) is 3. The number of halogens is 2. The van der Waals surface area contributed by atoms with E-state index in [1.165, 1.54) is 31.0 Å². The molecule has 2 fully saturated rings. The molecule has 132 valence electrons. The van der Waals surface area contributed by atoms with Gasteiger partial charge >= 0.3 is 0 Å². The maximum absolute atomic E-state index is 13.2. The highest BCUT2D eigenvalue weighted by Gasteiger charge is 2.30. The van der Waals surface area contributed by atoms with Crippen molar-refractivity contribution >= 4 is 17.5 Å². The van der Waals surface area contributed by atoms with E-state index in [0.29, 0.717) is 18.7 Å². The fraction of sp³-hybridized carbons (Fsp3) is 0.474. The Morgan fingerprint density at radius 3 is 2.92 bits per heavy atom. The minimum Gasteiger partial charge on any atom is -0.338 e. The molecule has 1 saturated heterocycles. The second kappa shape index (κ2) is 6.79. The monoisotopic (exact) mass is 361 g/mol. The standard InChI is InChI=1S/C19H21ClFN3O/c20-17-10-15(21)5-6-16(17)19(25)24-8-1-2-14(12-24)18-22-7-9-23(18)11-13-3-4-13/h5-7,9-10,13-14H,1-4,8,11-12H2/t14-/m1/s1. The van der Waals surface area contributed by atoms with Gasteiger partial charge in [-0.15, -0.1) is 0 Å². The highest BCUT2D eigenvalue weighted by Crippen LogP contribution is 2.33. The molecule has 2 aliphatic rings. The predicted molar refractivity (Wildman–Crippen MR) is 94.2 cm³/mol. The lowest BCUT2D eigenvalue weighted by Crippen LogP contribution is -2.40. The Labute approximate surface area is 151 Å². The van der Waals surface area contributed by atoms with E-state index in [1.54, 1.807) is 0 Å². The van der Waals surface area contributed by atoms with Gasteiger partial charge in [0.15, 0.2) is 0 Å². The van der Waals surface area contributed by atoms with Crippen molar-refractivity contribution in [3.63, 3.8) is 0 Å². The van der Waals surface area contributed by atoms with Crippen molar-refractivity contribution in [3.8, 4) is 0 Å². The van der Waals surface area contributed by atoms with Crippen molar-refractivity contribution in [1.82, 2.24) is 14.5 Å². The molecule has 25 heavy (non-hydrogen) atoms. The van der Waals surface area contributed by atoms with Crippen LogP contribution in [-0.2, 0) is 6.54 Å². The molecule has 2 aromatic rings. The van der Waals surface area contributed by atoms with Crippen LogP contribution < -0.4 is 0 Å². The summed E-state index contributed by atoms with van der Waals surface area (Å²) in [4.78, 5) is 19.2. The average Bonchev–Trinajstić information content (AvgIpc) is 3.30. The summed E-state index contributed by atoms with van der Waals surface area (Å²) in [7, 11) is 0. The lowest BCUT2D eigenvalue weighted by molar-refractivity contribution is 0.0703. The third kappa shape index (κ3) is 3.56. The van der Waals surface area contributed by atoms with Gasteiger partial charge in [-0.3, -0.25) is 4.79 Å². The molecule has 0 radical (unpaired) electrons. The minimum atomic E-state index is -0.430. The predicted octanol–water partition coefficient (Wildman–Crippen LogP) is 4.11. The smallest absolute Gasteiger partial charge is 0.255 e. The Morgan fingerprint density at radius 2 is 2.16 bits per heavy atom. The zero-order valence-electron chi connectivity index (χ0n) is 14.0. The summed E-state index contributed by atoms with van der Waals surface area (Å²) < 4.78 is 15.5. The van der Waals surface area contributed by atoms with Crippen LogP contribution in [0.1, 0.15) is 47.8 Å². The van der Waals surface area contributed by atoms with Gasteiger partial charge in [0.1, 0.15) is 11.6 Å². The summed E-state index contributed by atoms with van der Waals surface area (Å²) >= 11 is 6.07. The van der Waals surface area contributed by atoms with Crippen molar-refractivity contribution in [2.45, 2.75) is 38.1 Å². The number of imidazole rings is 1. The summed E-state index contributed by atoms with van der Waals surface area (Å²) in [6.45, 7) is 2.37. The third-order valence-electron chi connectivity index (χ3n) is 5.13. The molecule has 1 atom stereocenters. The Bertz CT molecular complexity index is 787. The molecule has 2 heterocycles. The van der Waals surface area contributed by atoms with E-state index in [4.69, 9.17) is 11.6 Å². The SMILES string of the molecule is O=C(c1ccc(F)cc1Cl)N1CCC[C@@H](c2nccn2CC2CC2)C1. The van der Waals surface area contributed by atoms with Gasteiger partial charge in [0.25, 0.3) is 5.91 Å². The number of rotatable bonds is 4. The Morgan fingerprint density at radius 1 is 1.32 bits per heavy atom. The lowest BCUT2D eigenvalue weighted by Gasteiger charge is -2.33. The molecule has 0 unspecified atom stereocenters. The molecule has 1 amide bonds. The maximum Gasteiger partial charge on any atom is 0.255 e. The van der Waals surface area contributed by atoms with Crippen molar-refractivity contribution in [2.24, 2.45) is 5.92 Å². The molecule has 1 saturated carbocycles. The van der Waals surface area contributed by atoms with Gasteiger partial charge in [-0.25, -0.2) is 9.37 Å². The van der Waals surface area contributed by atoms with Crippen molar-refractivity contribution < 1.29 is 9.18 Å². The number of hydrogen-bond donors (Lipinski definition) is 0. The van der Waals surface area contributed by atoms with Gasteiger partial charge < -0.3 is 9.47 Å². The normalized spacial score (nSPS) is 20.7. The molecule has 1 aliphatic heterocycles. The van der Waals surface area contributed by atoms with Gasteiger partial charge in [0.2, 0.25) is 0 Å². The van der Waals surface area contributed by atoms with Crippen LogP contribution in [0.25, 0.3) is 0 Å². The van der Waals surface area contributed by atoms with E-state index < -0.39 is 5.82 Å². The zero-order chi connectivity index (χ0) is 17.4. The third-order valence-corrected chi connectivity index (χ3v) is 5.45. The number of piperidine rings is 1. The van der Waals surface area contributed by atoms with Crippen LogP contribution in [0.4, 0.5) is 4.39 Å². The average molecular weight is 362 g/mol. The lowest BCUT2D eigenvalue weighted by atomic mass is 9.96. The number of benzene rings is 1. The van der Waals surface area contributed by atoms with Gasteiger partial charge in [-0.05, 0) is 49.8 Å². The first-order chi connectivity index (χ1) is 12.1. The summed E-state index contributed by atoms with van der Waals surface area (Å²) in [5.74, 6) is 1.54. The molecular formula is C19H21ClFN3O. The van der Waals surface area contributed by atoms with E-state index in [0.717, 1.165) is 31.1 Å². The van der Waals surface area contributed by atoms with Crippen LogP contribution in [0.15, 0.2) is 30.6 Å². The molecule has 0 spiro atoms. The fourth-order valence-electron chi connectivity index (χ4n) is 3.62. The second-order valence-corrected chi connectivity index (χ2v) is 7.50. The maximum atomic E-state index is 13.2.